The zero-order chi connectivity index (χ0) is 19.2. The zero-order valence-corrected chi connectivity index (χ0v) is 16.2. The van der Waals surface area contributed by atoms with Gasteiger partial charge in [0.25, 0.3) is 5.91 Å². The maximum atomic E-state index is 13.1. The van der Waals surface area contributed by atoms with Crippen LogP contribution < -0.4 is 15.1 Å². The lowest BCUT2D eigenvalue weighted by Gasteiger charge is -2.33. The van der Waals surface area contributed by atoms with Gasteiger partial charge < -0.3 is 15.1 Å². The van der Waals surface area contributed by atoms with Gasteiger partial charge >= 0.3 is 0 Å². The van der Waals surface area contributed by atoms with Crippen molar-refractivity contribution in [3.8, 4) is 0 Å². The van der Waals surface area contributed by atoms with Gasteiger partial charge in [-0.05, 0) is 54.3 Å². The highest BCUT2D eigenvalue weighted by Gasteiger charge is 2.22. The van der Waals surface area contributed by atoms with E-state index < -0.39 is 0 Å². The van der Waals surface area contributed by atoms with Crippen LogP contribution in [-0.2, 0) is 4.79 Å². The fraction of sp³-hybridized carbons (Fsp3) is 0.409. The van der Waals surface area contributed by atoms with Crippen LogP contribution >= 0.6 is 0 Å². The minimum atomic E-state index is -0.211. The Morgan fingerprint density at radius 2 is 1.74 bits per heavy atom. The van der Waals surface area contributed by atoms with Gasteiger partial charge in [-0.2, -0.15) is 0 Å². The molecule has 27 heavy (non-hydrogen) atoms. The molecule has 0 aromatic heterocycles. The van der Waals surface area contributed by atoms with Crippen molar-refractivity contribution in [2.75, 3.05) is 42.9 Å². The highest BCUT2D eigenvalue weighted by Crippen LogP contribution is 2.20. The van der Waals surface area contributed by atoms with Crippen LogP contribution in [0.3, 0.4) is 0 Å². The van der Waals surface area contributed by atoms with Crippen molar-refractivity contribution in [3.05, 3.63) is 59.9 Å². The van der Waals surface area contributed by atoms with Gasteiger partial charge in [-0.15, -0.1) is 0 Å². The summed E-state index contributed by atoms with van der Waals surface area (Å²) in [7, 11) is 0. The molecule has 0 radical (unpaired) electrons. The molecule has 4 nitrogen and oxygen atoms in total. The summed E-state index contributed by atoms with van der Waals surface area (Å²) in [5.74, 6) is 0.380. The minimum absolute atomic E-state index is 0.0523. The molecule has 1 amide bonds. The standard InChI is InChI=1S/C22H28FN3O/c1-3-17(2)18-4-8-20(9-5-18)24-22(27)16-25-12-14-26(15-13-25)21-10-6-19(23)7-11-21/h4-11,17H,3,12-16H2,1-2H3,(H,24,27)/p+1/t17-/m0/s1. The molecular weight excluding hydrogens is 341 g/mol. The van der Waals surface area contributed by atoms with Gasteiger partial charge in [-0.1, -0.05) is 26.0 Å². The molecule has 0 spiro atoms. The molecule has 1 fully saturated rings. The predicted molar refractivity (Wildman–Crippen MR) is 108 cm³/mol. The second-order valence-electron chi connectivity index (χ2n) is 7.37. The normalized spacial score (nSPS) is 16.2. The van der Waals surface area contributed by atoms with E-state index in [9.17, 15) is 9.18 Å². The Hall–Kier alpha value is -2.40. The Morgan fingerprint density at radius 3 is 2.33 bits per heavy atom. The van der Waals surface area contributed by atoms with Crippen molar-refractivity contribution < 1.29 is 14.1 Å². The van der Waals surface area contributed by atoms with E-state index in [-0.39, 0.29) is 11.7 Å². The van der Waals surface area contributed by atoms with Gasteiger partial charge in [-0.3, -0.25) is 4.79 Å². The van der Waals surface area contributed by atoms with Crippen molar-refractivity contribution in [1.29, 1.82) is 0 Å². The highest BCUT2D eigenvalue weighted by atomic mass is 19.1. The second kappa shape index (κ2) is 9.00. The fourth-order valence-corrected chi connectivity index (χ4v) is 3.47. The smallest absolute Gasteiger partial charge is 0.279 e. The first-order valence-corrected chi connectivity index (χ1v) is 9.79. The van der Waals surface area contributed by atoms with Crippen LogP contribution in [-0.4, -0.2) is 38.6 Å². The molecule has 1 aliphatic rings. The topological polar surface area (TPSA) is 36.8 Å². The van der Waals surface area contributed by atoms with Crippen LogP contribution in [0.25, 0.3) is 0 Å². The van der Waals surface area contributed by atoms with Gasteiger partial charge in [-0.25, -0.2) is 4.39 Å². The molecule has 2 aromatic carbocycles. The number of piperazine rings is 1. The number of nitrogens with zero attached hydrogens (tertiary/aromatic N) is 1. The molecule has 0 saturated carbocycles. The maximum Gasteiger partial charge on any atom is 0.279 e. The minimum Gasteiger partial charge on any atom is -0.360 e. The monoisotopic (exact) mass is 370 g/mol. The Bertz CT molecular complexity index is 737. The molecule has 3 rings (SSSR count). The summed E-state index contributed by atoms with van der Waals surface area (Å²) in [6.45, 7) is 8.41. The lowest BCUT2D eigenvalue weighted by molar-refractivity contribution is -0.892. The summed E-state index contributed by atoms with van der Waals surface area (Å²) in [6, 6.07) is 14.8. The molecule has 1 saturated heterocycles. The number of carbonyl (C=O) groups excluding carboxylic acids is 1. The average Bonchev–Trinajstić information content (AvgIpc) is 2.69. The molecule has 0 bridgehead atoms. The van der Waals surface area contributed by atoms with E-state index in [4.69, 9.17) is 0 Å². The predicted octanol–water partition coefficient (Wildman–Crippen LogP) is 2.68. The summed E-state index contributed by atoms with van der Waals surface area (Å²) in [4.78, 5) is 15.9. The van der Waals surface area contributed by atoms with Crippen molar-refractivity contribution in [2.24, 2.45) is 0 Å². The van der Waals surface area contributed by atoms with Crippen molar-refractivity contribution in [1.82, 2.24) is 0 Å². The Balaban J connectivity index is 1.46. The van der Waals surface area contributed by atoms with Gasteiger partial charge in [0.1, 0.15) is 5.82 Å². The molecule has 144 valence electrons. The summed E-state index contributed by atoms with van der Waals surface area (Å²) < 4.78 is 13.1. The van der Waals surface area contributed by atoms with Gasteiger partial charge in [0, 0.05) is 11.4 Å². The molecule has 1 atom stereocenters. The van der Waals surface area contributed by atoms with E-state index in [1.54, 1.807) is 0 Å². The highest BCUT2D eigenvalue weighted by molar-refractivity contribution is 5.91. The number of quaternary nitrogens is 1. The number of benzene rings is 2. The third kappa shape index (κ3) is 5.30. The summed E-state index contributed by atoms with van der Waals surface area (Å²) >= 11 is 0. The third-order valence-electron chi connectivity index (χ3n) is 5.45. The van der Waals surface area contributed by atoms with Crippen LogP contribution in [0.2, 0.25) is 0 Å². The molecule has 0 unspecified atom stereocenters. The quantitative estimate of drug-likeness (QED) is 0.820. The van der Waals surface area contributed by atoms with Crippen molar-refractivity contribution in [3.63, 3.8) is 0 Å². The van der Waals surface area contributed by atoms with Gasteiger partial charge in [0.2, 0.25) is 0 Å². The number of anilines is 2. The number of hydrogen-bond donors (Lipinski definition) is 2. The number of halogens is 1. The SMILES string of the molecule is CC[C@H](C)c1ccc(NC(=O)C[NH+]2CCN(c3ccc(F)cc3)CC2)cc1. The second-order valence-corrected chi connectivity index (χ2v) is 7.37. The molecule has 2 aromatic rings. The number of nitrogens with one attached hydrogen (secondary N) is 2. The first-order valence-electron chi connectivity index (χ1n) is 9.79. The van der Waals surface area contributed by atoms with Gasteiger partial charge in [0.15, 0.2) is 6.54 Å². The molecular formula is C22H29FN3O+. The summed E-state index contributed by atoms with van der Waals surface area (Å²) in [5, 5.41) is 3.01. The number of amides is 1. The first kappa shape index (κ1) is 19.4. The molecule has 0 aliphatic carbocycles. The van der Waals surface area contributed by atoms with Crippen molar-refractivity contribution in [2.45, 2.75) is 26.2 Å². The average molecular weight is 370 g/mol. The van der Waals surface area contributed by atoms with E-state index >= 15 is 0 Å². The van der Waals surface area contributed by atoms with Crippen LogP contribution in [0, 0.1) is 5.82 Å². The van der Waals surface area contributed by atoms with E-state index in [2.05, 4.69) is 36.2 Å². The summed E-state index contributed by atoms with van der Waals surface area (Å²) in [6.07, 6.45) is 1.11. The summed E-state index contributed by atoms with van der Waals surface area (Å²) in [5.41, 5.74) is 3.20. The molecule has 1 aliphatic heterocycles. The molecule has 5 heteroatoms. The lowest BCUT2D eigenvalue weighted by Crippen LogP contribution is -3.15. The lowest BCUT2D eigenvalue weighted by atomic mass is 9.99. The van der Waals surface area contributed by atoms with Gasteiger partial charge in [0.05, 0.1) is 26.2 Å². The Morgan fingerprint density at radius 1 is 1.11 bits per heavy atom. The van der Waals surface area contributed by atoms with E-state index in [0.29, 0.717) is 12.5 Å². The van der Waals surface area contributed by atoms with Crippen LogP contribution in [0.1, 0.15) is 31.7 Å². The van der Waals surface area contributed by atoms with Crippen LogP contribution in [0.4, 0.5) is 15.8 Å². The maximum absolute atomic E-state index is 13.1. The number of hydrogen-bond acceptors (Lipinski definition) is 2. The zero-order valence-electron chi connectivity index (χ0n) is 16.2. The first-order chi connectivity index (χ1) is 13.0. The largest absolute Gasteiger partial charge is 0.360 e. The fourth-order valence-electron chi connectivity index (χ4n) is 3.47. The van der Waals surface area contributed by atoms with Crippen LogP contribution in [0.5, 0.6) is 0 Å². The van der Waals surface area contributed by atoms with E-state index in [0.717, 1.165) is 44.0 Å². The third-order valence-corrected chi connectivity index (χ3v) is 5.45. The molecule has 2 N–H and O–H groups in total. The molecule has 1 heterocycles. The van der Waals surface area contributed by atoms with Crippen LogP contribution in [0.15, 0.2) is 48.5 Å². The van der Waals surface area contributed by atoms with E-state index in [1.807, 2.05) is 24.3 Å². The number of carbonyl (C=O) groups is 1. The Labute approximate surface area is 161 Å². The Kier molecular flexibility index (Phi) is 6.45. The van der Waals surface area contributed by atoms with E-state index in [1.165, 1.54) is 22.6 Å². The number of rotatable bonds is 6. The van der Waals surface area contributed by atoms with Crippen molar-refractivity contribution >= 4 is 17.3 Å².